The molecule has 1 N–H and O–H groups in total. The maximum Gasteiger partial charge on any atom is 0.225 e. The van der Waals surface area contributed by atoms with Gasteiger partial charge in [-0.25, -0.2) is 0 Å². The average molecular weight is 309 g/mol. The predicted octanol–water partition coefficient (Wildman–Crippen LogP) is 1.48. The molecule has 0 aromatic rings. The van der Waals surface area contributed by atoms with Crippen molar-refractivity contribution in [2.75, 3.05) is 26.7 Å². The maximum absolute atomic E-state index is 12.5. The van der Waals surface area contributed by atoms with Gasteiger partial charge >= 0.3 is 0 Å². The first-order valence-electron chi connectivity index (χ1n) is 8.69. The molecule has 5 heteroatoms. The molecule has 0 radical (unpaired) electrons. The lowest BCUT2D eigenvalue weighted by Crippen LogP contribution is -2.54. The number of nitrogens with zero attached hydrogens (tertiary/aromatic N) is 2. The zero-order valence-corrected chi connectivity index (χ0v) is 14.5. The number of carbonyl (C=O) groups excluding carboxylic acids is 2. The standard InChI is InChI=1S/C17H31N3O2/c1-12(2)17(22)20-10-7-14(8-11-20)16(21)18-15-6-5-9-19(4)13(15)3/h12-15H,5-11H2,1-4H3,(H,18,21)/t13-,15-/m0/s1. The van der Waals surface area contributed by atoms with Crippen molar-refractivity contribution in [3.05, 3.63) is 0 Å². The number of nitrogens with one attached hydrogen (secondary N) is 1. The molecule has 0 unspecified atom stereocenters. The van der Waals surface area contributed by atoms with E-state index in [1.807, 2.05) is 18.7 Å². The highest BCUT2D eigenvalue weighted by Crippen LogP contribution is 2.21. The molecule has 22 heavy (non-hydrogen) atoms. The van der Waals surface area contributed by atoms with Crippen LogP contribution in [0, 0.1) is 11.8 Å². The fourth-order valence-corrected chi connectivity index (χ4v) is 3.53. The Labute approximate surface area is 134 Å². The molecule has 2 rings (SSSR count). The molecule has 2 amide bonds. The van der Waals surface area contributed by atoms with Gasteiger partial charge in [0.2, 0.25) is 11.8 Å². The van der Waals surface area contributed by atoms with Gasteiger partial charge in [-0.2, -0.15) is 0 Å². The van der Waals surface area contributed by atoms with E-state index in [4.69, 9.17) is 0 Å². The Morgan fingerprint density at radius 1 is 1.09 bits per heavy atom. The van der Waals surface area contributed by atoms with Gasteiger partial charge in [0, 0.05) is 37.0 Å². The first-order valence-corrected chi connectivity index (χ1v) is 8.69. The van der Waals surface area contributed by atoms with Crippen LogP contribution >= 0.6 is 0 Å². The molecule has 2 heterocycles. The van der Waals surface area contributed by atoms with Crippen LogP contribution in [0.2, 0.25) is 0 Å². The van der Waals surface area contributed by atoms with E-state index in [0.29, 0.717) is 6.04 Å². The van der Waals surface area contributed by atoms with E-state index in [-0.39, 0.29) is 29.7 Å². The maximum atomic E-state index is 12.5. The first-order chi connectivity index (χ1) is 10.4. The topological polar surface area (TPSA) is 52.7 Å². The summed E-state index contributed by atoms with van der Waals surface area (Å²) in [6, 6.07) is 0.668. The summed E-state index contributed by atoms with van der Waals surface area (Å²) >= 11 is 0. The normalized spacial score (nSPS) is 28.0. The average Bonchev–Trinajstić information content (AvgIpc) is 2.51. The van der Waals surface area contributed by atoms with Crippen molar-refractivity contribution >= 4 is 11.8 Å². The van der Waals surface area contributed by atoms with Crippen molar-refractivity contribution in [2.24, 2.45) is 11.8 Å². The molecular weight excluding hydrogens is 278 g/mol. The molecule has 2 atom stereocenters. The van der Waals surface area contributed by atoms with Gasteiger partial charge in [0.1, 0.15) is 0 Å². The molecule has 0 bridgehead atoms. The minimum atomic E-state index is 0.0454. The fourth-order valence-electron chi connectivity index (χ4n) is 3.53. The second kappa shape index (κ2) is 7.44. The molecule has 2 aliphatic heterocycles. The third-order valence-corrected chi connectivity index (χ3v) is 5.30. The molecule has 0 saturated carbocycles. The number of carbonyl (C=O) groups is 2. The Kier molecular flexibility index (Phi) is 5.84. The van der Waals surface area contributed by atoms with Crippen LogP contribution in [0.15, 0.2) is 0 Å². The SMILES string of the molecule is CC(C)C(=O)N1CCC(C(=O)N[C@H]2CCCN(C)[C@H]2C)CC1. The molecule has 2 fully saturated rings. The lowest BCUT2D eigenvalue weighted by Gasteiger charge is -2.39. The van der Waals surface area contributed by atoms with Crippen LogP contribution in [-0.4, -0.2) is 60.4 Å². The second-order valence-electron chi connectivity index (χ2n) is 7.23. The van der Waals surface area contributed by atoms with Crippen molar-refractivity contribution in [3.8, 4) is 0 Å². The van der Waals surface area contributed by atoms with Crippen molar-refractivity contribution in [2.45, 2.75) is 58.5 Å². The van der Waals surface area contributed by atoms with Gasteiger partial charge < -0.3 is 15.1 Å². The van der Waals surface area contributed by atoms with Gasteiger partial charge in [-0.3, -0.25) is 9.59 Å². The van der Waals surface area contributed by atoms with Crippen LogP contribution in [-0.2, 0) is 9.59 Å². The molecule has 0 aromatic heterocycles. The number of likely N-dealkylation sites (N-methyl/N-ethyl adjacent to an activating group) is 1. The quantitative estimate of drug-likeness (QED) is 0.859. The number of amides is 2. The van der Waals surface area contributed by atoms with Crippen LogP contribution in [0.1, 0.15) is 46.5 Å². The first kappa shape index (κ1) is 17.3. The number of likely N-dealkylation sites (tertiary alicyclic amines) is 2. The summed E-state index contributed by atoms with van der Waals surface area (Å²) < 4.78 is 0. The van der Waals surface area contributed by atoms with Gasteiger partial charge in [0.15, 0.2) is 0 Å². The van der Waals surface area contributed by atoms with Gasteiger partial charge in [-0.05, 0) is 46.2 Å². The molecule has 5 nitrogen and oxygen atoms in total. The lowest BCUT2D eigenvalue weighted by molar-refractivity contribution is -0.138. The van der Waals surface area contributed by atoms with E-state index >= 15 is 0 Å². The molecule has 0 aromatic carbocycles. The molecule has 2 aliphatic rings. The smallest absolute Gasteiger partial charge is 0.225 e. The summed E-state index contributed by atoms with van der Waals surface area (Å²) in [5, 5.41) is 3.25. The highest BCUT2D eigenvalue weighted by molar-refractivity contribution is 5.81. The Bertz CT molecular complexity index is 403. The summed E-state index contributed by atoms with van der Waals surface area (Å²) in [7, 11) is 2.12. The van der Waals surface area contributed by atoms with Gasteiger partial charge in [-0.15, -0.1) is 0 Å². The van der Waals surface area contributed by atoms with E-state index in [1.54, 1.807) is 0 Å². The zero-order chi connectivity index (χ0) is 16.3. The summed E-state index contributed by atoms with van der Waals surface area (Å²) in [6.07, 6.45) is 3.80. The fraction of sp³-hybridized carbons (Fsp3) is 0.882. The van der Waals surface area contributed by atoms with Gasteiger partial charge in [0.05, 0.1) is 0 Å². The highest BCUT2D eigenvalue weighted by atomic mass is 16.2. The molecule has 0 spiro atoms. The molecule has 0 aliphatic carbocycles. The molecular formula is C17H31N3O2. The van der Waals surface area contributed by atoms with E-state index < -0.39 is 0 Å². The third-order valence-electron chi connectivity index (χ3n) is 5.30. The number of rotatable bonds is 3. The Morgan fingerprint density at radius 3 is 2.32 bits per heavy atom. The molecule has 126 valence electrons. The Morgan fingerprint density at radius 2 is 1.73 bits per heavy atom. The van der Waals surface area contributed by atoms with Gasteiger partial charge in [-0.1, -0.05) is 13.8 Å². The molecule has 2 saturated heterocycles. The van der Waals surface area contributed by atoms with E-state index in [1.165, 1.54) is 0 Å². The van der Waals surface area contributed by atoms with E-state index in [0.717, 1.165) is 45.3 Å². The van der Waals surface area contributed by atoms with Gasteiger partial charge in [0.25, 0.3) is 0 Å². The summed E-state index contributed by atoms with van der Waals surface area (Å²) in [6.45, 7) is 8.60. The summed E-state index contributed by atoms with van der Waals surface area (Å²) in [4.78, 5) is 28.7. The number of hydrogen-bond donors (Lipinski definition) is 1. The third kappa shape index (κ3) is 4.00. The monoisotopic (exact) mass is 309 g/mol. The van der Waals surface area contributed by atoms with Crippen molar-refractivity contribution in [1.29, 1.82) is 0 Å². The van der Waals surface area contributed by atoms with Crippen molar-refractivity contribution < 1.29 is 9.59 Å². The van der Waals surface area contributed by atoms with Crippen LogP contribution in [0.3, 0.4) is 0 Å². The highest BCUT2D eigenvalue weighted by Gasteiger charge is 2.32. The minimum absolute atomic E-state index is 0.0454. The van der Waals surface area contributed by atoms with Crippen molar-refractivity contribution in [1.82, 2.24) is 15.1 Å². The number of hydrogen-bond acceptors (Lipinski definition) is 3. The lowest BCUT2D eigenvalue weighted by atomic mass is 9.92. The van der Waals surface area contributed by atoms with E-state index in [9.17, 15) is 9.59 Å². The summed E-state index contributed by atoms with van der Waals surface area (Å²) in [5.41, 5.74) is 0. The Balaban J connectivity index is 1.81. The minimum Gasteiger partial charge on any atom is -0.352 e. The predicted molar refractivity (Wildman–Crippen MR) is 87.4 cm³/mol. The second-order valence-corrected chi connectivity index (χ2v) is 7.23. The van der Waals surface area contributed by atoms with Crippen LogP contribution in [0.5, 0.6) is 0 Å². The van der Waals surface area contributed by atoms with Crippen molar-refractivity contribution in [3.63, 3.8) is 0 Å². The van der Waals surface area contributed by atoms with Crippen LogP contribution < -0.4 is 5.32 Å². The Hall–Kier alpha value is -1.10. The van der Waals surface area contributed by atoms with Crippen LogP contribution in [0.4, 0.5) is 0 Å². The van der Waals surface area contributed by atoms with E-state index in [2.05, 4.69) is 24.2 Å². The van der Waals surface area contributed by atoms with Crippen LogP contribution in [0.25, 0.3) is 0 Å². The largest absolute Gasteiger partial charge is 0.352 e. The zero-order valence-electron chi connectivity index (χ0n) is 14.5. The summed E-state index contributed by atoms with van der Waals surface area (Å²) in [5.74, 6) is 0.504. The number of piperidine rings is 2.